The molecule has 1 saturated carbocycles. The summed E-state index contributed by atoms with van der Waals surface area (Å²) in [5.41, 5.74) is 0. The monoisotopic (exact) mass is 214 g/mol. The van der Waals surface area contributed by atoms with E-state index in [1.165, 1.54) is 19.3 Å². The molecule has 90 valence electrons. The Labute approximate surface area is 94.2 Å². The first-order valence-corrected chi connectivity index (χ1v) is 6.30. The normalized spacial score (nSPS) is 26.4. The van der Waals surface area contributed by atoms with Crippen molar-refractivity contribution in [1.29, 1.82) is 0 Å². The van der Waals surface area contributed by atoms with E-state index in [-0.39, 0.29) is 0 Å². The Morgan fingerprint density at radius 3 is 2.67 bits per heavy atom. The zero-order chi connectivity index (χ0) is 11.1. The first-order valence-electron chi connectivity index (χ1n) is 6.30. The van der Waals surface area contributed by atoms with Crippen LogP contribution in [0.4, 0.5) is 0 Å². The summed E-state index contributed by atoms with van der Waals surface area (Å²) in [6, 6.07) is 1.50. The zero-order valence-corrected chi connectivity index (χ0v) is 10.5. The van der Waals surface area contributed by atoms with Crippen LogP contribution in [0.3, 0.4) is 0 Å². The van der Waals surface area contributed by atoms with E-state index in [2.05, 4.69) is 31.1 Å². The van der Waals surface area contributed by atoms with Crippen molar-refractivity contribution in [1.82, 2.24) is 10.2 Å². The maximum absolute atomic E-state index is 5.42. The molecule has 0 aromatic heterocycles. The Kier molecular flexibility index (Phi) is 6.22. The molecule has 0 heterocycles. The highest BCUT2D eigenvalue weighted by Crippen LogP contribution is 2.23. The van der Waals surface area contributed by atoms with Crippen LogP contribution < -0.4 is 5.32 Å². The van der Waals surface area contributed by atoms with Gasteiger partial charge in [-0.25, -0.2) is 0 Å². The minimum atomic E-state index is 0.733. The third-order valence-electron chi connectivity index (χ3n) is 3.46. The molecule has 2 unspecified atom stereocenters. The molecule has 0 bridgehead atoms. The summed E-state index contributed by atoms with van der Waals surface area (Å²) in [4.78, 5) is 2.56. The highest BCUT2D eigenvalue weighted by molar-refractivity contribution is 4.85. The van der Waals surface area contributed by atoms with E-state index in [9.17, 15) is 0 Å². The number of nitrogens with one attached hydrogen (secondary N) is 1. The molecule has 1 N–H and O–H groups in total. The minimum Gasteiger partial charge on any atom is -0.380 e. The lowest BCUT2D eigenvalue weighted by atomic mass is 10.2. The van der Waals surface area contributed by atoms with Crippen LogP contribution in [-0.4, -0.2) is 50.3 Å². The number of hydrogen-bond donors (Lipinski definition) is 1. The molecule has 15 heavy (non-hydrogen) atoms. The van der Waals surface area contributed by atoms with Gasteiger partial charge < -0.3 is 10.1 Å². The summed E-state index contributed by atoms with van der Waals surface area (Å²) in [6.07, 6.45) is 3.97. The van der Waals surface area contributed by atoms with E-state index in [1.807, 2.05) is 0 Å². The largest absolute Gasteiger partial charge is 0.380 e. The van der Waals surface area contributed by atoms with Gasteiger partial charge in [0, 0.05) is 25.2 Å². The Morgan fingerprint density at radius 2 is 2.13 bits per heavy atom. The second-order valence-electron chi connectivity index (χ2n) is 4.28. The van der Waals surface area contributed by atoms with Crippen molar-refractivity contribution < 1.29 is 4.74 Å². The molecule has 0 aromatic carbocycles. The lowest BCUT2D eigenvalue weighted by Gasteiger charge is -2.27. The second-order valence-corrected chi connectivity index (χ2v) is 4.28. The smallest absolute Gasteiger partial charge is 0.0593 e. The highest BCUT2D eigenvalue weighted by Gasteiger charge is 2.27. The van der Waals surface area contributed by atoms with Crippen LogP contribution in [0.15, 0.2) is 0 Å². The predicted octanol–water partition coefficient (Wildman–Crippen LogP) is 1.49. The topological polar surface area (TPSA) is 24.5 Å². The van der Waals surface area contributed by atoms with Crippen LogP contribution in [0.25, 0.3) is 0 Å². The SMILES string of the molecule is CCOCCN(CC)C1CCC(NC)C1. The summed E-state index contributed by atoms with van der Waals surface area (Å²) in [6.45, 7) is 8.26. The van der Waals surface area contributed by atoms with Crippen molar-refractivity contribution in [2.75, 3.05) is 33.4 Å². The molecule has 3 nitrogen and oxygen atoms in total. The van der Waals surface area contributed by atoms with Gasteiger partial charge in [-0.05, 0) is 39.8 Å². The maximum atomic E-state index is 5.42. The Bertz CT molecular complexity index is 164. The first kappa shape index (κ1) is 12.9. The number of ether oxygens (including phenoxy) is 1. The summed E-state index contributed by atoms with van der Waals surface area (Å²) < 4.78 is 5.42. The molecule has 0 aromatic rings. The Morgan fingerprint density at radius 1 is 1.33 bits per heavy atom. The van der Waals surface area contributed by atoms with Gasteiger partial charge >= 0.3 is 0 Å². The van der Waals surface area contributed by atoms with Crippen LogP contribution in [0.5, 0.6) is 0 Å². The van der Waals surface area contributed by atoms with Gasteiger partial charge in [-0.1, -0.05) is 6.92 Å². The van der Waals surface area contributed by atoms with Gasteiger partial charge in [-0.2, -0.15) is 0 Å². The lowest BCUT2D eigenvalue weighted by Crippen LogP contribution is -2.37. The van der Waals surface area contributed by atoms with Crippen LogP contribution in [0.1, 0.15) is 33.1 Å². The number of nitrogens with zero attached hydrogens (tertiary/aromatic N) is 1. The van der Waals surface area contributed by atoms with Crippen LogP contribution >= 0.6 is 0 Å². The van der Waals surface area contributed by atoms with Crippen molar-refractivity contribution >= 4 is 0 Å². The van der Waals surface area contributed by atoms with Crippen LogP contribution in [0, 0.1) is 0 Å². The van der Waals surface area contributed by atoms with E-state index in [0.717, 1.165) is 38.4 Å². The molecule has 0 radical (unpaired) electrons. The number of likely N-dealkylation sites (N-methyl/N-ethyl adjacent to an activating group) is 1. The molecular formula is C12H26N2O. The molecule has 0 amide bonds. The summed E-state index contributed by atoms with van der Waals surface area (Å²) in [7, 11) is 2.07. The first-order chi connectivity index (χ1) is 7.31. The van der Waals surface area contributed by atoms with Gasteiger partial charge in [-0.3, -0.25) is 4.90 Å². The zero-order valence-electron chi connectivity index (χ0n) is 10.5. The van der Waals surface area contributed by atoms with Crippen LogP contribution in [0.2, 0.25) is 0 Å². The fraction of sp³-hybridized carbons (Fsp3) is 1.00. The lowest BCUT2D eigenvalue weighted by molar-refractivity contribution is 0.0972. The fourth-order valence-electron chi connectivity index (χ4n) is 2.48. The van der Waals surface area contributed by atoms with E-state index in [0.29, 0.717) is 0 Å². The molecule has 3 heteroatoms. The van der Waals surface area contributed by atoms with Gasteiger partial charge in [0.2, 0.25) is 0 Å². The third-order valence-corrected chi connectivity index (χ3v) is 3.46. The predicted molar refractivity (Wildman–Crippen MR) is 64.2 cm³/mol. The highest BCUT2D eigenvalue weighted by atomic mass is 16.5. The summed E-state index contributed by atoms with van der Waals surface area (Å²) >= 11 is 0. The molecule has 2 atom stereocenters. The van der Waals surface area contributed by atoms with Gasteiger partial charge in [0.25, 0.3) is 0 Å². The quantitative estimate of drug-likeness (QED) is 0.650. The number of rotatable bonds is 7. The van der Waals surface area contributed by atoms with Crippen molar-refractivity contribution in [2.24, 2.45) is 0 Å². The van der Waals surface area contributed by atoms with Gasteiger partial charge in [0.15, 0.2) is 0 Å². The molecule has 0 aliphatic heterocycles. The molecular weight excluding hydrogens is 188 g/mol. The second kappa shape index (κ2) is 7.20. The molecule has 1 rings (SSSR count). The van der Waals surface area contributed by atoms with Gasteiger partial charge in [-0.15, -0.1) is 0 Å². The van der Waals surface area contributed by atoms with E-state index >= 15 is 0 Å². The van der Waals surface area contributed by atoms with E-state index in [4.69, 9.17) is 4.74 Å². The van der Waals surface area contributed by atoms with Gasteiger partial charge in [0.1, 0.15) is 0 Å². The Hall–Kier alpha value is -0.120. The van der Waals surface area contributed by atoms with Crippen molar-refractivity contribution in [2.45, 2.75) is 45.2 Å². The van der Waals surface area contributed by atoms with Crippen molar-refractivity contribution in [3.8, 4) is 0 Å². The Balaban J connectivity index is 2.25. The molecule has 0 spiro atoms. The molecule has 1 aliphatic rings. The van der Waals surface area contributed by atoms with E-state index < -0.39 is 0 Å². The maximum Gasteiger partial charge on any atom is 0.0593 e. The third kappa shape index (κ3) is 4.09. The standard InChI is InChI=1S/C12H26N2O/c1-4-14(8-9-15-5-2)12-7-6-11(10-12)13-3/h11-13H,4-10H2,1-3H3. The van der Waals surface area contributed by atoms with Crippen LogP contribution in [-0.2, 0) is 4.74 Å². The number of hydrogen-bond acceptors (Lipinski definition) is 3. The van der Waals surface area contributed by atoms with Crippen molar-refractivity contribution in [3.05, 3.63) is 0 Å². The summed E-state index contributed by atoms with van der Waals surface area (Å²) in [5.74, 6) is 0. The van der Waals surface area contributed by atoms with Crippen molar-refractivity contribution in [3.63, 3.8) is 0 Å². The molecule has 0 saturated heterocycles. The average Bonchev–Trinajstić information content (AvgIpc) is 2.73. The molecule has 1 fully saturated rings. The average molecular weight is 214 g/mol. The minimum absolute atomic E-state index is 0.733. The summed E-state index contributed by atoms with van der Waals surface area (Å²) in [5, 5.41) is 3.38. The molecule has 1 aliphatic carbocycles. The fourth-order valence-corrected chi connectivity index (χ4v) is 2.48. The van der Waals surface area contributed by atoms with E-state index in [1.54, 1.807) is 0 Å². The van der Waals surface area contributed by atoms with Gasteiger partial charge in [0.05, 0.1) is 6.61 Å².